The summed E-state index contributed by atoms with van der Waals surface area (Å²) in [7, 11) is 0. The number of hydrogen-bond donors (Lipinski definition) is 1. The summed E-state index contributed by atoms with van der Waals surface area (Å²) in [5.74, 6) is -0.263. The molecule has 0 radical (unpaired) electrons. The summed E-state index contributed by atoms with van der Waals surface area (Å²) in [4.78, 5) is 16.2. The van der Waals surface area contributed by atoms with Crippen LogP contribution in [0.2, 0.25) is 0 Å². The lowest BCUT2D eigenvalue weighted by molar-refractivity contribution is -0.111. The summed E-state index contributed by atoms with van der Waals surface area (Å²) in [6, 6.07) is 14.5. The summed E-state index contributed by atoms with van der Waals surface area (Å²) < 4.78 is 1.89. The van der Waals surface area contributed by atoms with Crippen molar-refractivity contribution in [2.45, 2.75) is 0 Å². The predicted molar refractivity (Wildman–Crippen MR) is 84.0 cm³/mol. The smallest absolute Gasteiger partial charge is 0.248 e. The zero-order valence-corrected chi connectivity index (χ0v) is 11.6. The fourth-order valence-electron chi connectivity index (χ4n) is 2.09. The van der Waals surface area contributed by atoms with Crippen LogP contribution in [-0.4, -0.2) is 15.3 Å². The molecule has 0 unspecified atom stereocenters. The van der Waals surface area contributed by atoms with Crippen LogP contribution in [0.25, 0.3) is 11.7 Å². The third-order valence-electron chi connectivity index (χ3n) is 3.11. The standard InChI is InChI=1S/C17H12N4O/c18-11-13-4-3-5-14(10-13)20-17(22)8-7-15-12-19-16-6-1-2-9-21(15)16/h1-10,12H,(H,20,22)/b8-7+. The highest BCUT2D eigenvalue weighted by Gasteiger charge is 2.01. The van der Waals surface area contributed by atoms with Crippen LogP contribution < -0.4 is 5.32 Å². The van der Waals surface area contributed by atoms with Crippen LogP contribution in [0.3, 0.4) is 0 Å². The largest absolute Gasteiger partial charge is 0.322 e. The van der Waals surface area contributed by atoms with Crippen molar-refractivity contribution in [1.82, 2.24) is 9.38 Å². The third kappa shape index (κ3) is 2.86. The highest BCUT2D eigenvalue weighted by molar-refractivity contribution is 6.01. The second-order valence-corrected chi connectivity index (χ2v) is 4.63. The van der Waals surface area contributed by atoms with Crippen LogP contribution in [-0.2, 0) is 4.79 Å². The van der Waals surface area contributed by atoms with Crippen molar-refractivity contribution in [3.05, 3.63) is 72.2 Å². The van der Waals surface area contributed by atoms with E-state index in [1.807, 2.05) is 34.9 Å². The van der Waals surface area contributed by atoms with E-state index in [0.29, 0.717) is 11.3 Å². The topological polar surface area (TPSA) is 70.2 Å². The Bertz CT molecular complexity index is 902. The lowest BCUT2D eigenvalue weighted by Crippen LogP contribution is -2.07. The van der Waals surface area contributed by atoms with E-state index in [2.05, 4.69) is 10.3 Å². The molecule has 1 aromatic carbocycles. The maximum Gasteiger partial charge on any atom is 0.248 e. The van der Waals surface area contributed by atoms with E-state index in [-0.39, 0.29) is 5.91 Å². The quantitative estimate of drug-likeness (QED) is 0.753. The molecule has 1 N–H and O–H groups in total. The highest BCUT2D eigenvalue weighted by atomic mass is 16.1. The van der Waals surface area contributed by atoms with Gasteiger partial charge in [-0.05, 0) is 36.4 Å². The van der Waals surface area contributed by atoms with Gasteiger partial charge < -0.3 is 9.72 Å². The molecule has 2 heterocycles. The SMILES string of the molecule is N#Cc1cccc(NC(=O)/C=C/c2cnc3ccccn23)c1. The lowest BCUT2D eigenvalue weighted by atomic mass is 10.2. The van der Waals surface area contributed by atoms with E-state index in [9.17, 15) is 4.79 Å². The number of nitriles is 1. The minimum absolute atomic E-state index is 0.263. The van der Waals surface area contributed by atoms with Gasteiger partial charge in [-0.25, -0.2) is 4.98 Å². The van der Waals surface area contributed by atoms with Gasteiger partial charge in [0.1, 0.15) is 5.65 Å². The Morgan fingerprint density at radius 2 is 2.18 bits per heavy atom. The minimum Gasteiger partial charge on any atom is -0.322 e. The first-order valence-electron chi connectivity index (χ1n) is 6.67. The van der Waals surface area contributed by atoms with Crippen LogP contribution in [0, 0.1) is 11.3 Å². The number of nitrogens with one attached hydrogen (secondary N) is 1. The fourth-order valence-corrected chi connectivity index (χ4v) is 2.09. The molecule has 0 atom stereocenters. The van der Waals surface area contributed by atoms with Crippen molar-refractivity contribution in [3.63, 3.8) is 0 Å². The number of imidazole rings is 1. The molecular formula is C17H12N4O. The zero-order valence-electron chi connectivity index (χ0n) is 11.6. The molecule has 0 aliphatic rings. The van der Waals surface area contributed by atoms with Crippen LogP contribution in [0.5, 0.6) is 0 Å². The van der Waals surface area contributed by atoms with Gasteiger partial charge in [-0.3, -0.25) is 4.79 Å². The summed E-state index contributed by atoms with van der Waals surface area (Å²) >= 11 is 0. The van der Waals surface area contributed by atoms with E-state index in [1.165, 1.54) is 6.08 Å². The van der Waals surface area contributed by atoms with Crippen LogP contribution in [0.1, 0.15) is 11.3 Å². The Balaban J connectivity index is 1.75. The highest BCUT2D eigenvalue weighted by Crippen LogP contribution is 2.11. The number of rotatable bonds is 3. The summed E-state index contributed by atoms with van der Waals surface area (Å²) in [5.41, 5.74) is 2.73. The molecule has 3 rings (SSSR count). The van der Waals surface area contributed by atoms with E-state index in [1.54, 1.807) is 36.5 Å². The molecule has 22 heavy (non-hydrogen) atoms. The molecule has 3 aromatic rings. The first kappa shape index (κ1) is 13.6. The summed E-state index contributed by atoms with van der Waals surface area (Å²) in [6.45, 7) is 0. The number of fused-ring (bicyclic) bond motifs is 1. The van der Waals surface area contributed by atoms with E-state index >= 15 is 0 Å². The van der Waals surface area contributed by atoms with Crippen LogP contribution in [0.15, 0.2) is 60.9 Å². The van der Waals surface area contributed by atoms with Crippen molar-refractivity contribution in [2.75, 3.05) is 5.32 Å². The summed E-state index contributed by atoms with van der Waals surface area (Å²) in [5, 5.41) is 11.6. The van der Waals surface area contributed by atoms with Crippen molar-refractivity contribution in [3.8, 4) is 6.07 Å². The average Bonchev–Trinajstić information content (AvgIpc) is 2.96. The minimum atomic E-state index is -0.263. The number of pyridine rings is 1. The molecule has 5 nitrogen and oxygen atoms in total. The molecule has 2 aromatic heterocycles. The van der Waals surface area contributed by atoms with Gasteiger partial charge in [-0.15, -0.1) is 0 Å². The number of carbonyl (C=O) groups is 1. The Labute approximate surface area is 127 Å². The van der Waals surface area contributed by atoms with Gasteiger partial charge in [0.25, 0.3) is 0 Å². The van der Waals surface area contributed by atoms with Gasteiger partial charge in [0, 0.05) is 18.0 Å². The number of hydrogen-bond acceptors (Lipinski definition) is 3. The van der Waals surface area contributed by atoms with Crippen molar-refractivity contribution in [1.29, 1.82) is 5.26 Å². The van der Waals surface area contributed by atoms with Crippen LogP contribution >= 0.6 is 0 Å². The number of carbonyl (C=O) groups excluding carboxylic acids is 1. The molecule has 0 saturated carbocycles. The number of aromatic nitrogens is 2. The lowest BCUT2D eigenvalue weighted by Gasteiger charge is -2.01. The molecule has 5 heteroatoms. The maximum atomic E-state index is 11.9. The molecule has 0 aliphatic heterocycles. The Morgan fingerprint density at radius 1 is 1.27 bits per heavy atom. The molecule has 0 spiro atoms. The first-order chi connectivity index (χ1) is 10.8. The molecular weight excluding hydrogens is 276 g/mol. The second-order valence-electron chi connectivity index (χ2n) is 4.63. The molecule has 0 bridgehead atoms. The molecule has 106 valence electrons. The molecule has 1 amide bonds. The predicted octanol–water partition coefficient (Wildman–Crippen LogP) is 2.86. The van der Waals surface area contributed by atoms with Gasteiger partial charge in [0.15, 0.2) is 0 Å². The molecule has 0 aliphatic carbocycles. The van der Waals surface area contributed by atoms with Crippen LogP contribution in [0.4, 0.5) is 5.69 Å². The molecule has 0 saturated heterocycles. The van der Waals surface area contributed by atoms with Gasteiger partial charge in [0.05, 0.1) is 23.5 Å². The fraction of sp³-hybridized carbons (Fsp3) is 0. The summed E-state index contributed by atoms with van der Waals surface area (Å²) in [6.07, 6.45) is 6.73. The monoisotopic (exact) mass is 288 g/mol. The Hall–Kier alpha value is -3.39. The maximum absolute atomic E-state index is 11.9. The third-order valence-corrected chi connectivity index (χ3v) is 3.11. The van der Waals surface area contributed by atoms with Gasteiger partial charge in [-0.2, -0.15) is 5.26 Å². The average molecular weight is 288 g/mol. The van der Waals surface area contributed by atoms with E-state index < -0.39 is 0 Å². The van der Waals surface area contributed by atoms with E-state index in [4.69, 9.17) is 5.26 Å². The van der Waals surface area contributed by atoms with Gasteiger partial charge in [-0.1, -0.05) is 12.1 Å². The number of nitrogens with zero attached hydrogens (tertiary/aromatic N) is 3. The second kappa shape index (κ2) is 5.94. The number of amides is 1. The zero-order chi connectivity index (χ0) is 15.4. The number of anilines is 1. The number of benzene rings is 1. The Morgan fingerprint density at radius 3 is 3.05 bits per heavy atom. The van der Waals surface area contributed by atoms with Gasteiger partial charge >= 0.3 is 0 Å². The Kier molecular flexibility index (Phi) is 3.67. The molecule has 0 fully saturated rings. The normalized spacial score (nSPS) is 10.7. The van der Waals surface area contributed by atoms with Crippen molar-refractivity contribution in [2.24, 2.45) is 0 Å². The van der Waals surface area contributed by atoms with Crippen molar-refractivity contribution >= 4 is 23.3 Å². The van der Waals surface area contributed by atoms with E-state index in [0.717, 1.165) is 11.3 Å². The van der Waals surface area contributed by atoms with Crippen molar-refractivity contribution < 1.29 is 4.79 Å². The van der Waals surface area contributed by atoms with Gasteiger partial charge in [0.2, 0.25) is 5.91 Å². The first-order valence-corrected chi connectivity index (χ1v) is 6.67.